The topological polar surface area (TPSA) is 63.5 Å². The van der Waals surface area contributed by atoms with Crippen LogP contribution in [0.25, 0.3) is 5.32 Å². The third-order valence-corrected chi connectivity index (χ3v) is 1.66. The van der Waals surface area contributed by atoms with E-state index in [4.69, 9.17) is 0 Å². The van der Waals surface area contributed by atoms with Crippen molar-refractivity contribution in [3.63, 3.8) is 0 Å². The maximum absolute atomic E-state index is 10.9. The average Bonchev–Trinajstić information content (AvgIpc) is 2.17. The fourth-order valence-corrected chi connectivity index (χ4v) is 0.964. The third-order valence-electron chi connectivity index (χ3n) is 1.66. The number of nitrogens with zero attached hydrogens (tertiary/aromatic N) is 2. The summed E-state index contributed by atoms with van der Waals surface area (Å²) in [4.78, 5) is 23.0. The Morgan fingerprint density at radius 2 is 2.17 bits per heavy atom. The number of nitrogens with one attached hydrogen (secondary N) is 1. The van der Waals surface area contributed by atoms with Crippen molar-refractivity contribution in [3.05, 3.63) is 5.32 Å². The molecule has 62 valence electrons. The van der Waals surface area contributed by atoms with Crippen molar-refractivity contribution < 1.29 is 67.8 Å². The minimum Gasteiger partial charge on any atom is -0.428 e. The van der Waals surface area contributed by atoms with Gasteiger partial charge in [-0.05, 0) is 7.05 Å². The largest absolute Gasteiger partial charge is 1.00 e. The Labute approximate surface area is 120 Å². The molecule has 1 fully saturated rings. The van der Waals surface area contributed by atoms with Crippen LogP contribution in [0.5, 0.6) is 0 Å². The Hall–Kier alpha value is 0.705. The number of imide groups is 1. The van der Waals surface area contributed by atoms with Crippen LogP contribution in [0.3, 0.4) is 0 Å². The van der Waals surface area contributed by atoms with Crippen LogP contribution in [0.2, 0.25) is 0 Å². The predicted octanol–water partition coefficient (Wildman–Crippen LogP) is -3.46. The van der Waals surface area contributed by atoms with Gasteiger partial charge in [-0.3, -0.25) is 9.59 Å². The smallest absolute Gasteiger partial charge is 0.428 e. The summed E-state index contributed by atoms with van der Waals surface area (Å²) in [5.74, 6) is -0.355. The van der Waals surface area contributed by atoms with Gasteiger partial charge in [0.25, 0.3) is 0 Å². The Balaban J connectivity index is 0.00000121. The van der Waals surface area contributed by atoms with Crippen LogP contribution in [0, 0.1) is 0 Å². The molecule has 0 bridgehead atoms. The summed E-state index contributed by atoms with van der Waals surface area (Å²) in [7, 11) is 3.29. The molecule has 0 radical (unpaired) electrons. The molecule has 12 heavy (non-hydrogen) atoms. The van der Waals surface area contributed by atoms with Crippen LogP contribution < -0.4 is 63.5 Å². The number of carbonyl (C=O) groups is 2. The summed E-state index contributed by atoms with van der Waals surface area (Å²) in [5, 5.41) is 6.09. The maximum atomic E-state index is 10.9. The fraction of sp³-hybridized carbons (Fsp3) is 0.667. The van der Waals surface area contributed by atoms with Gasteiger partial charge in [0.05, 0.1) is 0 Å². The Kier molecular flexibility index (Phi) is 5.76. The zero-order valence-electron chi connectivity index (χ0n) is 7.50. The van der Waals surface area contributed by atoms with Crippen molar-refractivity contribution in [1.29, 1.82) is 0 Å². The van der Waals surface area contributed by atoms with Crippen LogP contribution in [-0.4, -0.2) is 43.5 Å². The molecule has 6 heteroatoms. The second-order valence-corrected chi connectivity index (χ2v) is 2.42. The second-order valence-electron chi connectivity index (χ2n) is 2.42. The second kappa shape index (κ2) is 5.44. The predicted molar refractivity (Wildman–Crippen MR) is 39.2 cm³/mol. The zero-order valence-corrected chi connectivity index (χ0v) is 12.4. The summed E-state index contributed by atoms with van der Waals surface area (Å²) >= 11 is 0. The summed E-state index contributed by atoms with van der Waals surface area (Å²) in [6.45, 7) is 0.463. The Bertz CT molecular complexity index is 197. The van der Waals surface area contributed by atoms with E-state index in [0.29, 0.717) is 6.54 Å². The first-order valence-corrected chi connectivity index (χ1v) is 3.33. The molecule has 5 nitrogen and oxygen atoms in total. The van der Waals surface area contributed by atoms with Crippen molar-refractivity contribution in [2.45, 2.75) is 6.04 Å². The molecule has 0 aromatic carbocycles. The molecular formula is C6H10N3O2Rb. The molecule has 0 saturated carbocycles. The first kappa shape index (κ1) is 12.7. The van der Waals surface area contributed by atoms with E-state index in [1.807, 2.05) is 0 Å². The normalized spacial score (nSPS) is 22.2. The Morgan fingerprint density at radius 1 is 1.58 bits per heavy atom. The van der Waals surface area contributed by atoms with Crippen LogP contribution >= 0.6 is 0 Å². The van der Waals surface area contributed by atoms with Crippen LogP contribution in [0.4, 0.5) is 4.79 Å². The molecule has 1 N–H and O–H groups in total. The van der Waals surface area contributed by atoms with Crippen molar-refractivity contribution in [2.75, 3.05) is 20.6 Å². The molecule has 3 amide bonds. The van der Waals surface area contributed by atoms with E-state index >= 15 is 0 Å². The molecule has 1 unspecified atom stereocenters. The molecule has 1 saturated heterocycles. The molecule has 0 aliphatic carbocycles. The molecule has 0 aromatic rings. The van der Waals surface area contributed by atoms with Gasteiger partial charge in [0, 0.05) is 12.6 Å². The SMILES string of the molecule is CNCC1C(=O)[N-]C(=O)N1C.[Rb+]. The molecular weight excluding hydrogens is 232 g/mol. The van der Waals surface area contributed by atoms with Gasteiger partial charge in [-0.2, -0.15) is 0 Å². The van der Waals surface area contributed by atoms with E-state index in [0.717, 1.165) is 0 Å². The number of carbonyl (C=O) groups excluding carboxylic acids is 2. The van der Waals surface area contributed by atoms with Crippen LogP contribution in [-0.2, 0) is 4.79 Å². The van der Waals surface area contributed by atoms with Crippen molar-refractivity contribution in [1.82, 2.24) is 10.2 Å². The van der Waals surface area contributed by atoms with Gasteiger partial charge in [-0.25, -0.2) is 0 Å². The zero-order chi connectivity index (χ0) is 8.43. The molecule has 1 heterocycles. The number of urea groups is 1. The standard InChI is InChI=1S/C6H11N3O2.Rb/c1-7-3-4-5(10)8-6(11)9(4)2;/h4,7H,3H2,1-2H3,(H,8,10,11);/q;+1/p-1. The number of likely N-dealkylation sites (N-methyl/N-ethyl adjacent to an activating group) is 2. The number of hydrogen-bond acceptors (Lipinski definition) is 3. The van der Waals surface area contributed by atoms with E-state index in [9.17, 15) is 9.59 Å². The number of hydrogen-bond donors (Lipinski definition) is 1. The summed E-state index contributed by atoms with van der Waals surface area (Å²) < 4.78 is 0. The Morgan fingerprint density at radius 3 is 2.50 bits per heavy atom. The van der Waals surface area contributed by atoms with Crippen molar-refractivity contribution >= 4 is 11.9 Å². The minimum atomic E-state index is -0.449. The first-order chi connectivity index (χ1) is 5.16. The van der Waals surface area contributed by atoms with E-state index in [1.54, 1.807) is 14.1 Å². The van der Waals surface area contributed by atoms with Crippen LogP contribution in [0.15, 0.2) is 0 Å². The van der Waals surface area contributed by atoms with E-state index in [2.05, 4.69) is 10.6 Å². The fourth-order valence-electron chi connectivity index (χ4n) is 0.964. The van der Waals surface area contributed by atoms with Gasteiger partial charge >= 0.3 is 58.2 Å². The quantitative estimate of drug-likeness (QED) is 0.512. The van der Waals surface area contributed by atoms with Gasteiger partial charge in [-0.1, -0.05) is 7.05 Å². The van der Waals surface area contributed by atoms with E-state index in [-0.39, 0.29) is 64.1 Å². The van der Waals surface area contributed by atoms with Gasteiger partial charge in [-0.15, -0.1) is 0 Å². The number of amides is 3. The van der Waals surface area contributed by atoms with Gasteiger partial charge in [0.15, 0.2) is 11.9 Å². The molecule has 1 aliphatic heterocycles. The summed E-state index contributed by atoms with van der Waals surface area (Å²) in [5.41, 5.74) is 0. The third kappa shape index (κ3) is 2.60. The first-order valence-electron chi connectivity index (χ1n) is 3.33. The van der Waals surface area contributed by atoms with Crippen molar-refractivity contribution in [2.24, 2.45) is 0 Å². The molecule has 1 atom stereocenters. The molecule has 0 aromatic heterocycles. The monoisotopic (exact) mass is 241 g/mol. The van der Waals surface area contributed by atoms with E-state index in [1.165, 1.54) is 4.90 Å². The molecule has 0 spiro atoms. The van der Waals surface area contributed by atoms with Gasteiger partial charge in [0.1, 0.15) is 0 Å². The van der Waals surface area contributed by atoms with Crippen LogP contribution in [0.1, 0.15) is 0 Å². The van der Waals surface area contributed by atoms with Gasteiger partial charge < -0.3 is 15.5 Å². The summed E-state index contributed by atoms with van der Waals surface area (Å²) in [6.07, 6.45) is 0. The average molecular weight is 242 g/mol. The maximum Gasteiger partial charge on any atom is 1.00 e. The molecule has 1 rings (SSSR count). The summed E-state index contributed by atoms with van der Waals surface area (Å²) in [6, 6.07) is -0.859. The van der Waals surface area contributed by atoms with Crippen molar-refractivity contribution in [3.8, 4) is 0 Å². The van der Waals surface area contributed by atoms with Gasteiger partial charge in [0.2, 0.25) is 0 Å². The van der Waals surface area contributed by atoms with E-state index < -0.39 is 12.1 Å². The minimum absolute atomic E-state index is 0. The molecule has 1 aliphatic rings. The number of rotatable bonds is 2.